The van der Waals surface area contributed by atoms with E-state index in [1.54, 1.807) is 18.2 Å². The Morgan fingerprint density at radius 2 is 1.19 bits per heavy atom. The summed E-state index contributed by atoms with van der Waals surface area (Å²) < 4.78 is 31.6. The Morgan fingerprint density at radius 1 is 0.774 bits per heavy atom. The summed E-state index contributed by atoms with van der Waals surface area (Å²) in [5.74, 6) is 1.41. The van der Waals surface area contributed by atoms with E-state index < -0.39 is 5.78 Å². The van der Waals surface area contributed by atoms with Crippen molar-refractivity contribution in [3.05, 3.63) is 29.8 Å². The number of benzene rings is 2. The maximum Gasteiger partial charge on any atom is 0.224 e. The van der Waals surface area contributed by atoms with Gasteiger partial charge in [-0.25, -0.2) is 0 Å². The monoisotopic (exact) mass is 429 g/mol. The molecule has 10 heteroatoms. The van der Waals surface area contributed by atoms with E-state index in [4.69, 9.17) is 28.4 Å². The lowest BCUT2D eigenvalue weighted by Crippen LogP contribution is -2.15. The first-order valence-electron chi connectivity index (χ1n) is 8.86. The van der Waals surface area contributed by atoms with E-state index in [1.165, 1.54) is 54.8 Å². The van der Waals surface area contributed by atoms with E-state index in [0.29, 0.717) is 28.7 Å². The first kappa shape index (κ1) is 23.2. The number of anilines is 1. The van der Waals surface area contributed by atoms with Crippen LogP contribution in [-0.4, -0.2) is 54.2 Å². The molecule has 0 radical (unpaired) electrons. The van der Waals surface area contributed by atoms with E-state index in [-0.39, 0.29) is 22.8 Å². The Morgan fingerprint density at radius 3 is 1.55 bits per heavy atom. The van der Waals surface area contributed by atoms with E-state index in [2.05, 4.69) is 10.5 Å². The third-order valence-electron chi connectivity index (χ3n) is 4.21. The van der Waals surface area contributed by atoms with Crippen molar-refractivity contribution >= 4 is 17.2 Å². The van der Waals surface area contributed by atoms with Crippen molar-refractivity contribution in [1.29, 1.82) is 5.26 Å². The van der Waals surface area contributed by atoms with Gasteiger partial charge >= 0.3 is 0 Å². The molecule has 10 nitrogen and oxygen atoms in total. The third kappa shape index (κ3) is 4.90. The first-order valence-corrected chi connectivity index (χ1v) is 8.86. The summed E-state index contributed by atoms with van der Waals surface area (Å²) in [5, 5.41) is 13.4. The summed E-state index contributed by atoms with van der Waals surface area (Å²) in [6.45, 7) is 0. The van der Waals surface area contributed by atoms with Crippen LogP contribution < -0.4 is 33.8 Å². The van der Waals surface area contributed by atoms with Crippen molar-refractivity contribution in [2.75, 3.05) is 48.1 Å². The highest BCUT2D eigenvalue weighted by Crippen LogP contribution is 2.40. The molecule has 0 fully saturated rings. The van der Waals surface area contributed by atoms with E-state index in [0.717, 1.165) is 0 Å². The number of nitriles is 1. The topological polar surface area (TPSA) is 121 Å². The number of carbonyl (C=O) groups excluding carboxylic acids is 1. The molecule has 0 saturated heterocycles. The van der Waals surface area contributed by atoms with Crippen LogP contribution in [0.15, 0.2) is 29.4 Å². The predicted molar refractivity (Wildman–Crippen MR) is 113 cm³/mol. The zero-order chi connectivity index (χ0) is 23.0. The molecule has 0 heterocycles. The predicted octanol–water partition coefficient (Wildman–Crippen LogP) is 2.91. The average molecular weight is 429 g/mol. The molecule has 2 aromatic carbocycles. The molecule has 0 unspecified atom stereocenters. The molecule has 31 heavy (non-hydrogen) atoms. The number of ketones is 1. The zero-order valence-corrected chi connectivity index (χ0v) is 18.1. The van der Waals surface area contributed by atoms with Gasteiger partial charge in [-0.1, -0.05) is 0 Å². The SMILES string of the molecule is COc1cc(N/N=C(\C#N)C(=O)c2cc(OC)c(OC)c(OC)c2)cc(OC)c1OC. The molecule has 1 N–H and O–H groups in total. The molecule has 0 spiro atoms. The summed E-state index contributed by atoms with van der Waals surface area (Å²) in [4.78, 5) is 12.9. The fraction of sp³-hybridized carbons (Fsp3) is 0.286. The Hall–Kier alpha value is -4.13. The summed E-state index contributed by atoms with van der Waals surface area (Å²) in [5.41, 5.74) is 2.84. The van der Waals surface area contributed by atoms with Crippen LogP contribution in [-0.2, 0) is 0 Å². The van der Waals surface area contributed by atoms with Crippen LogP contribution >= 0.6 is 0 Å². The molecule has 0 aliphatic carbocycles. The van der Waals surface area contributed by atoms with Gasteiger partial charge in [0, 0.05) is 17.7 Å². The Labute approximate surface area is 179 Å². The number of nitrogens with one attached hydrogen (secondary N) is 1. The number of Topliss-reactive ketones (excluding diaryl/α,β-unsaturated/α-hetero) is 1. The molecule has 2 aromatic rings. The molecule has 0 aliphatic heterocycles. The molecule has 0 bridgehead atoms. The number of rotatable bonds is 10. The van der Waals surface area contributed by atoms with Gasteiger partial charge in [-0.05, 0) is 12.1 Å². The Kier molecular flexibility index (Phi) is 7.91. The molecular weight excluding hydrogens is 406 g/mol. The Balaban J connectivity index is 2.41. The molecule has 0 saturated carbocycles. The van der Waals surface area contributed by atoms with Gasteiger partial charge in [0.25, 0.3) is 0 Å². The van der Waals surface area contributed by atoms with Gasteiger partial charge in [-0.2, -0.15) is 10.4 Å². The summed E-state index contributed by atoms with van der Waals surface area (Å²) in [6.07, 6.45) is 0. The number of carbonyl (C=O) groups is 1. The minimum absolute atomic E-state index is 0.140. The van der Waals surface area contributed by atoms with Crippen molar-refractivity contribution in [3.63, 3.8) is 0 Å². The molecule has 2 rings (SSSR count). The van der Waals surface area contributed by atoms with E-state index in [9.17, 15) is 10.1 Å². The number of hydrazone groups is 1. The highest BCUT2D eigenvalue weighted by atomic mass is 16.5. The summed E-state index contributed by atoms with van der Waals surface area (Å²) >= 11 is 0. The highest BCUT2D eigenvalue weighted by Gasteiger charge is 2.21. The van der Waals surface area contributed by atoms with Crippen molar-refractivity contribution in [2.45, 2.75) is 0 Å². The van der Waals surface area contributed by atoms with Gasteiger partial charge in [0.15, 0.2) is 23.0 Å². The van der Waals surface area contributed by atoms with Gasteiger partial charge in [0.2, 0.25) is 23.0 Å². The quantitative estimate of drug-likeness (QED) is 0.345. The molecule has 164 valence electrons. The second-order valence-electron chi connectivity index (χ2n) is 5.84. The molecule has 0 atom stereocenters. The van der Waals surface area contributed by atoms with Gasteiger partial charge < -0.3 is 28.4 Å². The number of methoxy groups -OCH3 is 6. The van der Waals surface area contributed by atoms with Crippen LogP contribution in [0.1, 0.15) is 10.4 Å². The smallest absolute Gasteiger partial charge is 0.224 e. The van der Waals surface area contributed by atoms with Crippen molar-refractivity contribution in [1.82, 2.24) is 0 Å². The second kappa shape index (κ2) is 10.6. The van der Waals surface area contributed by atoms with Crippen LogP contribution in [0.2, 0.25) is 0 Å². The van der Waals surface area contributed by atoms with Crippen LogP contribution in [0, 0.1) is 11.3 Å². The van der Waals surface area contributed by atoms with Crippen molar-refractivity contribution in [3.8, 4) is 40.6 Å². The fourth-order valence-electron chi connectivity index (χ4n) is 2.74. The minimum Gasteiger partial charge on any atom is -0.493 e. The van der Waals surface area contributed by atoms with Gasteiger partial charge in [-0.3, -0.25) is 10.2 Å². The Bertz CT molecular complexity index is 978. The molecule has 0 aliphatic rings. The van der Waals surface area contributed by atoms with Crippen LogP contribution in [0.3, 0.4) is 0 Å². The highest BCUT2D eigenvalue weighted by molar-refractivity contribution is 6.51. The van der Waals surface area contributed by atoms with E-state index in [1.807, 2.05) is 0 Å². The van der Waals surface area contributed by atoms with Crippen molar-refractivity contribution in [2.24, 2.45) is 5.10 Å². The van der Waals surface area contributed by atoms with Crippen molar-refractivity contribution < 1.29 is 33.2 Å². The minimum atomic E-state index is -0.637. The summed E-state index contributed by atoms with van der Waals surface area (Å²) in [7, 11) is 8.73. The number of hydrogen-bond acceptors (Lipinski definition) is 10. The maximum absolute atomic E-state index is 12.9. The van der Waals surface area contributed by atoms with Gasteiger partial charge in [0.05, 0.1) is 48.3 Å². The third-order valence-corrected chi connectivity index (χ3v) is 4.21. The number of hydrogen-bond donors (Lipinski definition) is 1. The lowest BCUT2D eigenvalue weighted by atomic mass is 10.1. The first-order chi connectivity index (χ1) is 15.0. The largest absolute Gasteiger partial charge is 0.493 e. The standard InChI is InChI=1S/C21H23N3O7/c1-26-15-7-12(8-16(27-2)20(15)30-5)19(25)14(11-22)24-23-13-9-17(28-3)21(31-6)18(10-13)29-4/h7-10,23H,1-6H3/b24-14+. The molecule has 0 aromatic heterocycles. The lowest BCUT2D eigenvalue weighted by molar-refractivity contribution is 0.106. The van der Waals surface area contributed by atoms with Gasteiger partial charge in [-0.15, -0.1) is 0 Å². The van der Waals surface area contributed by atoms with Crippen LogP contribution in [0.5, 0.6) is 34.5 Å². The lowest BCUT2D eigenvalue weighted by Gasteiger charge is -2.14. The maximum atomic E-state index is 12.9. The molecular formula is C21H23N3O7. The van der Waals surface area contributed by atoms with Gasteiger partial charge in [0.1, 0.15) is 6.07 Å². The average Bonchev–Trinajstić information content (AvgIpc) is 2.82. The second-order valence-corrected chi connectivity index (χ2v) is 5.84. The van der Waals surface area contributed by atoms with Crippen LogP contribution in [0.25, 0.3) is 0 Å². The zero-order valence-electron chi connectivity index (χ0n) is 18.1. The number of ether oxygens (including phenoxy) is 6. The molecule has 0 amide bonds. The van der Waals surface area contributed by atoms with Crippen LogP contribution in [0.4, 0.5) is 5.69 Å². The summed E-state index contributed by atoms with van der Waals surface area (Å²) in [6, 6.07) is 7.85. The number of nitrogens with zero attached hydrogens (tertiary/aromatic N) is 2. The van der Waals surface area contributed by atoms with E-state index >= 15 is 0 Å². The normalized spacial score (nSPS) is 10.5. The fourth-order valence-corrected chi connectivity index (χ4v) is 2.74.